The number of hydrogen-bond acceptors (Lipinski definition) is 6. The van der Waals surface area contributed by atoms with Crippen LogP contribution in [-0.2, 0) is 11.3 Å². The van der Waals surface area contributed by atoms with E-state index in [2.05, 4.69) is 25.7 Å². The van der Waals surface area contributed by atoms with Crippen molar-refractivity contribution < 1.29 is 27.8 Å². The van der Waals surface area contributed by atoms with Crippen LogP contribution in [-0.4, -0.2) is 29.1 Å². The van der Waals surface area contributed by atoms with E-state index in [0.717, 1.165) is 4.47 Å². The molecule has 0 N–H and O–H groups in total. The number of nitrogens with zero attached hydrogens (tertiary/aromatic N) is 2. The summed E-state index contributed by atoms with van der Waals surface area (Å²) in [5.41, 5.74) is 0.412. The number of esters is 1. The number of fused-ring (bicyclic) bond motifs is 1. The van der Waals surface area contributed by atoms with E-state index in [1.807, 2.05) is 0 Å². The number of alkyl halides is 2. The van der Waals surface area contributed by atoms with Crippen LogP contribution in [0.25, 0.3) is 5.65 Å². The van der Waals surface area contributed by atoms with Gasteiger partial charge >= 0.3 is 12.6 Å². The fourth-order valence-corrected chi connectivity index (χ4v) is 2.75. The van der Waals surface area contributed by atoms with Crippen LogP contribution in [0.1, 0.15) is 16.1 Å². The molecule has 0 atom stereocenters. The number of rotatable bonds is 6. The highest BCUT2D eigenvalue weighted by atomic mass is 79.9. The van der Waals surface area contributed by atoms with E-state index < -0.39 is 12.6 Å². The predicted octanol–water partition coefficient (Wildman–Crippen LogP) is 3.42. The summed E-state index contributed by atoms with van der Waals surface area (Å²) in [7, 11) is 1.26. The second kappa shape index (κ2) is 8.34. The number of pyridine rings is 1. The lowest BCUT2D eigenvalue weighted by Crippen LogP contribution is -2.16. The molecular formula is C18H13BrF2N2O5. The summed E-state index contributed by atoms with van der Waals surface area (Å²) in [4.78, 5) is 28.6. The van der Waals surface area contributed by atoms with Gasteiger partial charge in [0.25, 0.3) is 5.56 Å². The van der Waals surface area contributed by atoms with Gasteiger partial charge in [0, 0.05) is 16.7 Å². The van der Waals surface area contributed by atoms with Crippen LogP contribution in [0.4, 0.5) is 8.78 Å². The van der Waals surface area contributed by atoms with Crippen molar-refractivity contribution in [2.75, 3.05) is 7.11 Å². The van der Waals surface area contributed by atoms with Crippen molar-refractivity contribution >= 4 is 27.5 Å². The lowest BCUT2D eigenvalue weighted by molar-refractivity contribution is -0.0512. The maximum Gasteiger partial charge on any atom is 0.387 e. The Labute approximate surface area is 165 Å². The first kappa shape index (κ1) is 19.7. The van der Waals surface area contributed by atoms with Crippen molar-refractivity contribution in [2.24, 2.45) is 0 Å². The number of benzene rings is 1. The van der Waals surface area contributed by atoms with Crippen LogP contribution in [0.15, 0.2) is 51.9 Å². The number of carbonyl (C=O) groups is 1. The zero-order chi connectivity index (χ0) is 20.3. The average molecular weight is 455 g/mol. The van der Waals surface area contributed by atoms with Crippen LogP contribution in [0.3, 0.4) is 0 Å². The molecule has 0 aliphatic carbocycles. The van der Waals surface area contributed by atoms with Crippen LogP contribution < -0.4 is 15.0 Å². The quantitative estimate of drug-likeness (QED) is 0.531. The molecule has 0 aliphatic rings. The molecule has 3 aromatic rings. The SMILES string of the molecule is COc1cc(C(=O)OCc2cc(=O)n3cc(Br)ccc3n2)ccc1OC(F)F. The number of halogens is 3. The van der Waals surface area contributed by atoms with Gasteiger partial charge in [-0.25, -0.2) is 9.78 Å². The van der Waals surface area contributed by atoms with Crippen molar-refractivity contribution in [1.82, 2.24) is 9.38 Å². The highest BCUT2D eigenvalue weighted by molar-refractivity contribution is 9.10. The first-order valence-electron chi connectivity index (χ1n) is 7.85. The number of methoxy groups -OCH3 is 1. The van der Waals surface area contributed by atoms with E-state index in [0.29, 0.717) is 5.65 Å². The normalized spacial score (nSPS) is 10.9. The highest BCUT2D eigenvalue weighted by Gasteiger charge is 2.15. The first-order valence-corrected chi connectivity index (χ1v) is 8.64. The molecule has 146 valence electrons. The highest BCUT2D eigenvalue weighted by Crippen LogP contribution is 2.29. The van der Waals surface area contributed by atoms with Gasteiger partial charge in [-0.3, -0.25) is 9.20 Å². The Kier molecular flexibility index (Phi) is 5.88. The second-order valence-electron chi connectivity index (χ2n) is 5.48. The molecule has 0 saturated heterocycles. The van der Waals surface area contributed by atoms with Crippen LogP contribution in [0, 0.1) is 0 Å². The Hall–Kier alpha value is -3.01. The molecule has 0 amide bonds. The summed E-state index contributed by atoms with van der Waals surface area (Å²) < 4.78 is 41.2. The molecule has 28 heavy (non-hydrogen) atoms. The fraction of sp³-hybridized carbons (Fsp3) is 0.167. The Balaban J connectivity index is 1.76. The Morgan fingerprint density at radius 2 is 2.00 bits per heavy atom. The van der Waals surface area contributed by atoms with Gasteiger partial charge in [0.15, 0.2) is 11.5 Å². The molecule has 0 radical (unpaired) electrons. The number of aromatic nitrogens is 2. The lowest BCUT2D eigenvalue weighted by Gasteiger charge is -2.11. The summed E-state index contributed by atoms with van der Waals surface area (Å²) in [6.07, 6.45) is 1.58. The molecule has 2 aromatic heterocycles. The predicted molar refractivity (Wildman–Crippen MR) is 97.9 cm³/mol. The van der Waals surface area contributed by atoms with Gasteiger partial charge in [-0.05, 0) is 46.3 Å². The lowest BCUT2D eigenvalue weighted by atomic mass is 10.2. The molecule has 0 bridgehead atoms. The molecule has 3 rings (SSSR count). The maximum absolute atomic E-state index is 12.4. The van der Waals surface area contributed by atoms with Gasteiger partial charge in [-0.1, -0.05) is 0 Å². The van der Waals surface area contributed by atoms with Gasteiger partial charge < -0.3 is 14.2 Å². The second-order valence-corrected chi connectivity index (χ2v) is 6.40. The molecule has 7 nitrogen and oxygen atoms in total. The third-order valence-corrected chi connectivity index (χ3v) is 4.11. The average Bonchev–Trinajstić information content (AvgIpc) is 2.66. The smallest absolute Gasteiger partial charge is 0.387 e. The Morgan fingerprint density at radius 3 is 2.71 bits per heavy atom. The molecular weight excluding hydrogens is 442 g/mol. The molecule has 10 heteroatoms. The standard InChI is InChI=1S/C18H13BrF2N2O5/c1-26-14-6-10(2-4-13(14)28-18(20)21)17(25)27-9-12-7-16(24)23-8-11(19)3-5-15(23)22-12/h2-8,18H,9H2,1H3. The molecule has 0 aliphatic heterocycles. The number of ether oxygens (including phenoxy) is 3. The minimum absolute atomic E-state index is 0.0394. The first-order chi connectivity index (χ1) is 13.4. The summed E-state index contributed by atoms with van der Waals surface area (Å²) in [6, 6.07) is 8.30. The molecule has 1 aromatic carbocycles. The minimum Gasteiger partial charge on any atom is -0.493 e. The maximum atomic E-state index is 12.4. The van der Waals surface area contributed by atoms with E-state index in [4.69, 9.17) is 9.47 Å². The topological polar surface area (TPSA) is 79.1 Å². The Bertz CT molecular complexity index is 1090. The molecule has 2 heterocycles. The van der Waals surface area contributed by atoms with E-state index in [1.54, 1.807) is 18.3 Å². The molecule has 0 spiro atoms. The summed E-state index contributed by atoms with van der Waals surface area (Å²) in [5.74, 6) is -0.980. The van der Waals surface area contributed by atoms with Gasteiger partial charge in [0.05, 0.1) is 18.4 Å². The Morgan fingerprint density at radius 1 is 1.21 bits per heavy atom. The van der Waals surface area contributed by atoms with Crippen molar-refractivity contribution in [1.29, 1.82) is 0 Å². The molecule has 0 saturated carbocycles. The fourth-order valence-electron chi connectivity index (χ4n) is 2.41. The van der Waals surface area contributed by atoms with E-state index >= 15 is 0 Å². The minimum atomic E-state index is -3.02. The van der Waals surface area contributed by atoms with Gasteiger partial charge in [-0.2, -0.15) is 8.78 Å². The zero-order valence-electron chi connectivity index (χ0n) is 14.4. The summed E-state index contributed by atoms with van der Waals surface area (Å²) >= 11 is 3.27. The monoisotopic (exact) mass is 454 g/mol. The number of hydrogen-bond donors (Lipinski definition) is 0. The van der Waals surface area contributed by atoms with Gasteiger partial charge in [0.2, 0.25) is 0 Å². The van der Waals surface area contributed by atoms with Crippen molar-refractivity contribution in [3.63, 3.8) is 0 Å². The number of carbonyl (C=O) groups excluding carboxylic acids is 1. The van der Waals surface area contributed by atoms with Crippen molar-refractivity contribution in [2.45, 2.75) is 13.2 Å². The summed E-state index contributed by atoms with van der Waals surface area (Å²) in [6.45, 7) is -3.26. The van der Waals surface area contributed by atoms with Crippen molar-refractivity contribution in [3.8, 4) is 11.5 Å². The van der Waals surface area contributed by atoms with Crippen LogP contribution in [0.5, 0.6) is 11.5 Å². The van der Waals surface area contributed by atoms with Gasteiger partial charge in [-0.15, -0.1) is 0 Å². The molecule has 0 fully saturated rings. The zero-order valence-corrected chi connectivity index (χ0v) is 16.0. The largest absolute Gasteiger partial charge is 0.493 e. The van der Waals surface area contributed by atoms with Crippen LogP contribution in [0.2, 0.25) is 0 Å². The third-order valence-electron chi connectivity index (χ3n) is 3.64. The van der Waals surface area contributed by atoms with Crippen molar-refractivity contribution in [3.05, 3.63) is 68.7 Å². The third kappa shape index (κ3) is 4.45. The summed E-state index contributed by atoms with van der Waals surface area (Å²) in [5, 5.41) is 0. The van der Waals surface area contributed by atoms with E-state index in [1.165, 1.54) is 35.8 Å². The van der Waals surface area contributed by atoms with Gasteiger partial charge in [0.1, 0.15) is 12.3 Å². The molecule has 0 unspecified atom stereocenters. The van der Waals surface area contributed by atoms with E-state index in [-0.39, 0.29) is 34.9 Å². The van der Waals surface area contributed by atoms with E-state index in [9.17, 15) is 18.4 Å². The van der Waals surface area contributed by atoms with Crippen LogP contribution >= 0.6 is 15.9 Å².